The Kier molecular flexibility index (Phi) is 4.35. The highest BCUT2D eigenvalue weighted by Crippen LogP contribution is 2.29. The minimum atomic E-state index is -0.193. The van der Waals surface area contributed by atoms with Gasteiger partial charge in [-0.25, -0.2) is 0 Å². The summed E-state index contributed by atoms with van der Waals surface area (Å²) in [5, 5.41) is 8.08. The molecule has 0 bridgehead atoms. The largest absolute Gasteiger partial charge is 0.379 e. The number of hydrogen-bond acceptors (Lipinski definition) is 3. The lowest BCUT2D eigenvalue weighted by Gasteiger charge is -2.28. The molecule has 1 rings (SSSR count). The molecule has 0 fully saturated rings. The maximum absolute atomic E-state index is 6.13. The summed E-state index contributed by atoms with van der Waals surface area (Å²) in [5.41, 5.74) is 0.802. The van der Waals surface area contributed by atoms with Crippen LogP contribution in [0.25, 0.3) is 0 Å². The van der Waals surface area contributed by atoms with E-state index in [2.05, 4.69) is 24.3 Å². The second kappa shape index (κ2) is 5.17. The van der Waals surface area contributed by atoms with Gasteiger partial charge in [0, 0.05) is 14.2 Å². The molecule has 0 amide bonds. The van der Waals surface area contributed by atoms with Gasteiger partial charge in [-0.05, 0) is 27.3 Å². The van der Waals surface area contributed by atoms with E-state index in [1.54, 1.807) is 18.0 Å². The van der Waals surface area contributed by atoms with Crippen molar-refractivity contribution in [1.29, 1.82) is 0 Å². The van der Waals surface area contributed by atoms with Crippen LogP contribution in [0.3, 0.4) is 0 Å². The molecule has 0 aliphatic rings. The van der Waals surface area contributed by atoms with Gasteiger partial charge in [0.05, 0.1) is 28.6 Å². The first-order valence-corrected chi connectivity index (χ1v) is 5.69. The minimum Gasteiger partial charge on any atom is -0.379 e. The number of ether oxygens (including phenoxy) is 1. The Morgan fingerprint density at radius 3 is 2.62 bits per heavy atom. The number of nitrogens with one attached hydrogen (secondary N) is 1. The van der Waals surface area contributed by atoms with Gasteiger partial charge in [0.1, 0.15) is 0 Å². The lowest BCUT2D eigenvalue weighted by atomic mass is 9.96. The van der Waals surface area contributed by atoms with Gasteiger partial charge in [0.2, 0.25) is 0 Å². The monoisotopic (exact) mass is 245 g/mol. The summed E-state index contributed by atoms with van der Waals surface area (Å²) in [6.45, 7) is 4.11. The number of halogens is 1. The van der Waals surface area contributed by atoms with Gasteiger partial charge in [-0.3, -0.25) is 4.68 Å². The summed E-state index contributed by atoms with van der Waals surface area (Å²) in [5.74, 6) is 0. The summed E-state index contributed by atoms with van der Waals surface area (Å²) in [6, 6.07) is 0.134. The van der Waals surface area contributed by atoms with E-state index in [1.807, 2.05) is 14.1 Å². The van der Waals surface area contributed by atoms with Gasteiger partial charge in [-0.2, -0.15) is 5.10 Å². The summed E-state index contributed by atoms with van der Waals surface area (Å²) in [7, 11) is 5.53. The summed E-state index contributed by atoms with van der Waals surface area (Å²) < 4.78 is 7.24. The first-order chi connectivity index (χ1) is 7.41. The van der Waals surface area contributed by atoms with Crippen LogP contribution in [0.2, 0.25) is 5.02 Å². The molecular weight excluding hydrogens is 226 g/mol. The standard InChI is InChI=1S/C11H20ClN3O/c1-11(2,16-5)6-9(13-3)10-8(12)7-14-15(10)4/h7,9,13H,6H2,1-5H3. The number of aryl methyl sites for hydroxylation is 1. The molecule has 4 nitrogen and oxygen atoms in total. The van der Waals surface area contributed by atoms with E-state index < -0.39 is 0 Å². The predicted molar refractivity (Wildman–Crippen MR) is 65.7 cm³/mol. The number of rotatable bonds is 5. The van der Waals surface area contributed by atoms with Crippen LogP contribution in [-0.2, 0) is 11.8 Å². The van der Waals surface area contributed by atoms with E-state index in [0.29, 0.717) is 5.02 Å². The van der Waals surface area contributed by atoms with E-state index in [1.165, 1.54) is 0 Å². The van der Waals surface area contributed by atoms with Gasteiger partial charge >= 0.3 is 0 Å². The van der Waals surface area contributed by atoms with Gasteiger partial charge in [0.25, 0.3) is 0 Å². The zero-order valence-electron chi connectivity index (χ0n) is 10.5. The lowest BCUT2D eigenvalue weighted by molar-refractivity contribution is 0.00683. The Morgan fingerprint density at radius 2 is 2.25 bits per heavy atom. The Bertz CT molecular complexity index is 329. The number of hydrogen-bond donors (Lipinski definition) is 1. The third kappa shape index (κ3) is 2.97. The van der Waals surface area contributed by atoms with Crippen LogP contribution in [0.4, 0.5) is 0 Å². The molecular formula is C11H20ClN3O. The second-order valence-electron chi connectivity index (χ2n) is 4.51. The molecule has 0 saturated carbocycles. The topological polar surface area (TPSA) is 39.1 Å². The quantitative estimate of drug-likeness (QED) is 0.864. The van der Waals surface area contributed by atoms with E-state index in [-0.39, 0.29) is 11.6 Å². The van der Waals surface area contributed by atoms with Crippen LogP contribution in [0.5, 0.6) is 0 Å². The molecule has 1 atom stereocenters. The Morgan fingerprint density at radius 1 is 1.62 bits per heavy atom. The highest BCUT2D eigenvalue weighted by Gasteiger charge is 2.26. The molecule has 1 heterocycles. The molecule has 0 aromatic carbocycles. The van der Waals surface area contributed by atoms with Crippen molar-refractivity contribution >= 4 is 11.6 Å². The molecule has 1 aromatic heterocycles. The van der Waals surface area contributed by atoms with Crippen molar-refractivity contribution in [3.8, 4) is 0 Å². The maximum atomic E-state index is 6.13. The highest BCUT2D eigenvalue weighted by molar-refractivity contribution is 6.31. The van der Waals surface area contributed by atoms with Gasteiger partial charge in [0.15, 0.2) is 0 Å². The Labute approximate surface area is 102 Å². The van der Waals surface area contributed by atoms with E-state index in [4.69, 9.17) is 16.3 Å². The average molecular weight is 246 g/mol. The molecule has 1 N–H and O–H groups in total. The number of methoxy groups -OCH3 is 1. The van der Waals surface area contributed by atoms with Crippen LogP contribution in [-0.4, -0.2) is 29.5 Å². The van der Waals surface area contributed by atoms with Crippen LogP contribution in [0.1, 0.15) is 32.0 Å². The van der Waals surface area contributed by atoms with Crippen molar-refractivity contribution < 1.29 is 4.74 Å². The minimum absolute atomic E-state index is 0.134. The maximum Gasteiger partial charge on any atom is 0.0834 e. The van der Waals surface area contributed by atoms with Crippen molar-refractivity contribution in [2.75, 3.05) is 14.2 Å². The molecule has 5 heteroatoms. The van der Waals surface area contributed by atoms with Crippen LogP contribution in [0, 0.1) is 0 Å². The van der Waals surface area contributed by atoms with Crippen molar-refractivity contribution in [3.05, 3.63) is 16.9 Å². The fraction of sp³-hybridized carbons (Fsp3) is 0.727. The molecule has 0 aliphatic heterocycles. The highest BCUT2D eigenvalue weighted by atomic mass is 35.5. The third-order valence-corrected chi connectivity index (χ3v) is 3.16. The first kappa shape index (κ1) is 13.5. The predicted octanol–water partition coefficient (Wildman–Crippen LogP) is 2.15. The molecule has 1 unspecified atom stereocenters. The molecule has 0 aliphatic carbocycles. The summed E-state index contributed by atoms with van der Waals surface area (Å²) in [4.78, 5) is 0. The van der Waals surface area contributed by atoms with Crippen LogP contribution < -0.4 is 5.32 Å². The second-order valence-corrected chi connectivity index (χ2v) is 4.92. The normalized spacial score (nSPS) is 14.1. The Balaban J connectivity index is 2.91. The molecule has 0 radical (unpaired) electrons. The lowest BCUT2D eigenvalue weighted by Crippen LogP contribution is -2.31. The average Bonchev–Trinajstić information content (AvgIpc) is 2.56. The van der Waals surface area contributed by atoms with Crippen molar-refractivity contribution in [2.24, 2.45) is 7.05 Å². The van der Waals surface area contributed by atoms with Crippen LogP contribution >= 0.6 is 11.6 Å². The Hall–Kier alpha value is -0.580. The molecule has 0 saturated heterocycles. The SMILES string of the molecule is CNC(CC(C)(C)OC)c1c(Cl)cnn1C. The van der Waals surface area contributed by atoms with Crippen LogP contribution in [0.15, 0.2) is 6.20 Å². The zero-order chi connectivity index (χ0) is 12.3. The molecule has 92 valence electrons. The van der Waals surface area contributed by atoms with Gasteiger partial charge in [-0.1, -0.05) is 11.6 Å². The van der Waals surface area contributed by atoms with Gasteiger partial charge in [-0.15, -0.1) is 0 Å². The summed E-state index contributed by atoms with van der Waals surface area (Å²) >= 11 is 6.13. The van der Waals surface area contributed by atoms with Gasteiger partial charge < -0.3 is 10.1 Å². The van der Waals surface area contributed by atoms with E-state index in [0.717, 1.165) is 12.1 Å². The van der Waals surface area contributed by atoms with Crippen molar-refractivity contribution in [2.45, 2.75) is 31.9 Å². The first-order valence-electron chi connectivity index (χ1n) is 5.31. The third-order valence-electron chi connectivity index (χ3n) is 2.86. The molecule has 16 heavy (non-hydrogen) atoms. The zero-order valence-corrected chi connectivity index (χ0v) is 11.3. The molecule has 0 spiro atoms. The smallest absolute Gasteiger partial charge is 0.0834 e. The number of aromatic nitrogens is 2. The molecule has 1 aromatic rings. The van der Waals surface area contributed by atoms with E-state index >= 15 is 0 Å². The fourth-order valence-corrected chi connectivity index (χ4v) is 2.02. The number of nitrogens with zero attached hydrogens (tertiary/aromatic N) is 2. The van der Waals surface area contributed by atoms with Crippen molar-refractivity contribution in [1.82, 2.24) is 15.1 Å². The summed E-state index contributed by atoms with van der Waals surface area (Å²) in [6.07, 6.45) is 2.50. The van der Waals surface area contributed by atoms with E-state index in [9.17, 15) is 0 Å². The van der Waals surface area contributed by atoms with Crippen molar-refractivity contribution in [3.63, 3.8) is 0 Å². The fourth-order valence-electron chi connectivity index (χ4n) is 1.72.